The third-order valence-corrected chi connectivity index (χ3v) is 5.64. The summed E-state index contributed by atoms with van der Waals surface area (Å²) in [5, 5.41) is 17.1. The van der Waals surface area contributed by atoms with Gasteiger partial charge in [-0.15, -0.1) is 13.2 Å². The molecule has 36 heavy (non-hydrogen) atoms. The number of hydrogen-bond donors (Lipinski definition) is 2. The number of H-pyrrole nitrogens is 1. The molecule has 1 aromatic heterocycles. The van der Waals surface area contributed by atoms with Crippen molar-refractivity contribution in [3.63, 3.8) is 0 Å². The maximum absolute atomic E-state index is 13.1. The smallest absolute Gasteiger partial charge is 0.507 e. The number of hydrogen-bond acceptors (Lipinski definition) is 6. The molecule has 4 rings (SSSR count). The SMILES string of the molecule is CC(C)c1ccc(/C(O)=C2/C(=O)C(=O)N(c3ccc(=O)[nH]n3)C2c2ccc(OC(F)(F)F)cc2)cc1. The lowest BCUT2D eigenvalue weighted by atomic mass is 9.94. The minimum atomic E-state index is -4.90. The van der Waals surface area contributed by atoms with Gasteiger partial charge in [0, 0.05) is 11.6 Å². The van der Waals surface area contributed by atoms with Crippen LogP contribution in [-0.2, 0) is 9.59 Å². The summed E-state index contributed by atoms with van der Waals surface area (Å²) in [5.74, 6) is -2.89. The molecular weight excluding hydrogens is 479 g/mol. The van der Waals surface area contributed by atoms with E-state index < -0.39 is 41.2 Å². The average molecular weight is 499 g/mol. The molecule has 0 aliphatic carbocycles. The molecule has 0 bridgehead atoms. The second kappa shape index (κ2) is 9.33. The molecule has 8 nitrogen and oxygen atoms in total. The first-order valence-corrected chi connectivity index (χ1v) is 10.8. The molecule has 2 heterocycles. The average Bonchev–Trinajstić information content (AvgIpc) is 3.09. The number of nitrogens with zero attached hydrogens (tertiary/aromatic N) is 2. The molecule has 1 aliphatic rings. The van der Waals surface area contributed by atoms with E-state index in [0.29, 0.717) is 0 Å². The molecule has 1 unspecified atom stereocenters. The molecule has 1 amide bonds. The molecule has 11 heteroatoms. The minimum absolute atomic E-state index is 0.0912. The maximum atomic E-state index is 13.1. The number of Topliss-reactive ketones (excluding diaryl/α,β-unsaturated/α-hetero) is 1. The number of halogens is 3. The molecule has 1 aliphatic heterocycles. The van der Waals surface area contributed by atoms with Crippen LogP contribution < -0.4 is 15.2 Å². The quantitative estimate of drug-likeness (QED) is 0.305. The van der Waals surface area contributed by atoms with Crippen LogP contribution >= 0.6 is 0 Å². The summed E-state index contributed by atoms with van der Waals surface area (Å²) >= 11 is 0. The molecule has 0 saturated carbocycles. The van der Waals surface area contributed by atoms with Crippen LogP contribution in [0, 0.1) is 0 Å². The Bertz CT molecular complexity index is 1370. The fourth-order valence-electron chi connectivity index (χ4n) is 3.89. The number of aliphatic hydroxyl groups is 1. The molecule has 1 fully saturated rings. The zero-order valence-corrected chi connectivity index (χ0v) is 19.0. The van der Waals surface area contributed by atoms with Crippen LogP contribution in [0.1, 0.15) is 42.5 Å². The predicted octanol–water partition coefficient (Wildman–Crippen LogP) is 4.42. The highest BCUT2D eigenvalue weighted by Gasteiger charge is 2.47. The van der Waals surface area contributed by atoms with Gasteiger partial charge >= 0.3 is 12.3 Å². The minimum Gasteiger partial charge on any atom is -0.507 e. The van der Waals surface area contributed by atoms with Crippen molar-refractivity contribution >= 4 is 23.3 Å². The van der Waals surface area contributed by atoms with Gasteiger partial charge in [-0.05, 0) is 35.2 Å². The van der Waals surface area contributed by atoms with Gasteiger partial charge in [0.1, 0.15) is 11.5 Å². The second-order valence-corrected chi connectivity index (χ2v) is 8.34. The Labute approximate surface area is 202 Å². The standard InChI is InChI=1S/C25H20F3N3O5/c1-13(2)14-3-5-16(6-4-14)22(33)20-21(15-7-9-17(10-8-15)36-25(26,27)28)31(24(35)23(20)34)18-11-12-19(32)30-29-18/h3-13,21,33H,1-2H3,(H,30,32)/b22-20-. The van der Waals surface area contributed by atoms with E-state index in [1.807, 2.05) is 13.8 Å². The van der Waals surface area contributed by atoms with Crippen LogP contribution in [0.25, 0.3) is 5.76 Å². The Morgan fingerprint density at radius 2 is 1.64 bits per heavy atom. The van der Waals surface area contributed by atoms with Gasteiger partial charge in [-0.1, -0.05) is 50.2 Å². The van der Waals surface area contributed by atoms with Crippen molar-refractivity contribution in [2.45, 2.75) is 32.2 Å². The number of aromatic amines is 1. The van der Waals surface area contributed by atoms with Crippen LogP contribution in [0.15, 0.2) is 71.0 Å². The number of anilines is 1. The van der Waals surface area contributed by atoms with Crippen LogP contribution in [-0.4, -0.2) is 33.4 Å². The number of nitrogens with one attached hydrogen (secondary N) is 1. The van der Waals surface area contributed by atoms with E-state index in [-0.39, 0.29) is 28.4 Å². The summed E-state index contributed by atoms with van der Waals surface area (Å²) in [5.41, 5.74) is 0.632. The van der Waals surface area contributed by atoms with E-state index >= 15 is 0 Å². The van der Waals surface area contributed by atoms with Gasteiger partial charge in [0.05, 0.1) is 11.6 Å². The van der Waals surface area contributed by atoms with Gasteiger partial charge in [0.15, 0.2) is 5.82 Å². The van der Waals surface area contributed by atoms with Crippen LogP contribution in [0.5, 0.6) is 5.75 Å². The van der Waals surface area contributed by atoms with Gasteiger partial charge in [-0.2, -0.15) is 5.10 Å². The molecule has 1 atom stereocenters. The molecule has 3 aromatic rings. The zero-order chi connectivity index (χ0) is 26.2. The Kier molecular flexibility index (Phi) is 6.40. The second-order valence-electron chi connectivity index (χ2n) is 8.34. The molecule has 2 N–H and O–H groups in total. The third kappa shape index (κ3) is 4.85. The number of benzene rings is 2. The Hall–Kier alpha value is -4.41. The first-order chi connectivity index (χ1) is 17.0. The number of rotatable bonds is 5. The zero-order valence-electron chi connectivity index (χ0n) is 19.0. The molecule has 1 saturated heterocycles. The highest BCUT2D eigenvalue weighted by molar-refractivity contribution is 6.51. The molecular formula is C25H20F3N3O5. The summed E-state index contributed by atoms with van der Waals surface area (Å²) in [7, 11) is 0. The Morgan fingerprint density at radius 3 is 2.17 bits per heavy atom. The molecule has 2 aromatic carbocycles. The highest BCUT2D eigenvalue weighted by Crippen LogP contribution is 2.42. The van der Waals surface area contributed by atoms with E-state index in [0.717, 1.165) is 28.7 Å². The Balaban J connectivity index is 1.86. The van der Waals surface area contributed by atoms with Gasteiger partial charge in [0.25, 0.3) is 11.3 Å². The number of carbonyl (C=O) groups excluding carboxylic acids is 2. The molecule has 186 valence electrons. The Morgan fingerprint density at radius 1 is 1.00 bits per heavy atom. The fourth-order valence-corrected chi connectivity index (χ4v) is 3.89. The number of ketones is 1. The lowest BCUT2D eigenvalue weighted by Gasteiger charge is -2.24. The summed E-state index contributed by atoms with van der Waals surface area (Å²) < 4.78 is 41.7. The predicted molar refractivity (Wildman–Crippen MR) is 123 cm³/mol. The number of ether oxygens (including phenoxy) is 1. The van der Waals surface area contributed by atoms with Gasteiger partial charge in [-0.3, -0.25) is 19.3 Å². The first kappa shape index (κ1) is 24.7. The van der Waals surface area contributed by atoms with E-state index in [2.05, 4.69) is 14.9 Å². The monoisotopic (exact) mass is 499 g/mol. The molecule has 0 radical (unpaired) electrons. The van der Waals surface area contributed by atoms with Crippen molar-refractivity contribution in [3.05, 3.63) is 93.3 Å². The first-order valence-electron chi connectivity index (χ1n) is 10.8. The largest absolute Gasteiger partial charge is 0.573 e. The van der Waals surface area contributed by atoms with Crippen molar-refractivity contribution in [3.8, 4) is 5.75 Å². The number of aliphatic hydroxyl groups excluding tert-OH is 1. The van der Waals surface area contributed by atoms with Crippen molar-refractivity contribution in [2.75, 3.05) is 4.90 Å². The normalized spacial score (nSPS) is 17.6. The van der Waals surface area contributed by atoms with E-state index in [9.17, 15) is 32.7 Å². The lowest BCUT2D eigenvalue weighted by Crippen LogP contribution is -2.31. The number of amides is 1. The van der Waals surface area contributed by atoms with Crippen molar-refractivity contribution in [1.82, 2.24) is 10.2 Å². The number of carbonyl (C=O) groups is 2. The topological polar surface area (TPSA) is 113 Å². The summed E-state index contributed by atoms with van der Waals surface area (Å²) in [6.07, 6.45) is -4.90. The van der Waals surface area contributed by atoms with E-state index in [1.165, 1.54) is 18.2 Å². The van der Waals surface area contributed by atoms with Crippen molar-refractivity contribution in [2.24, 2.45) is 0 Å². The van der Waals surface area contributed by atoms with Crippen molar-refractivity contribution in [1.29, 1.82) is 0 Å². The van der Waals surface area contributed by atoms with Gasteiger partial charge < -0.3 is 9.84 Å². The summed E-state index contributed by atoms with van der Waals surface area (Å²) in [4.78, 5) is 38.6. The lowest BCUT2D eigenvalue weighted by molar-refractivity contribution is -0.274. The van der Waals surface area contributed by atoms with Crippen molar-refractivity contribution < 1.29 is 32.6 Å². The fraction of sp³-hybridized carbons (Fsp3) is 0.200. The number of alkyl halides is 3. The third-order valence-electron chi connectivity index (χ3n) is 5.64. The van der Waals surface area contributed by atoms with E-state index in [1.54, 1.807) is 24.3 Å². The van der Waals surface area contributed by atoms with Crippen LogP contribution in [0.3, 0.4) is 0 Å². The van der Waals surface area contributed by atoms with Crippen LogP contribution in [0.2, 0.25) is 0 Å². The number of aromatic nitrogens is 2. The van der Waals surface area contributed by atoms with E-state index in [4.69, 9.17) is 0 Å². The maximum Gasteiger partial charge on any atom is 0.573 e. The highest BCUT2D eigenvalue weighted by atomic mass is 19.4. The molecule has 0 spiro atoms. The van der Waals surface area contributed by atoms with Gasteiger partial charge in [-0.25, -0.2) is 5.10 Å². The summed E-state index contributed by atoms with van der Waals surface area (Å²) in [6, 6.07) is 12.4. The van der Waals surface area contributed by atoms with Gasteiger partial charge in [0.2, 0.25) is 0 Å². The summed E-state index contributed by atoms with van der Waals surface area (Å²) in [6.45, 7) is 3.98. The van der Waals surface area contributed by atoms with Crippen LogP contribution in [0.4, 0.5) is 19.0 Å².